The second kappa shape index (κ2) is 8.12. The van der Waals surface area contributed by atoms with Gasteiger partial charge in [-0.3, -0.25) is 4.79 Å². The molecule has 0 unspecified atom stereocenters. The van der Waals surface area contributed by atoms with Gasteiger partial charge in [-0.15, -0.1) is 0 Å². The molecule has 27 heavy (non-hydrogen) atoms. The van der Waals surface area contributed by atoms with E-state index < -0.39 is 0 Å². The highest BCUT2D eigenvalue weighted by molar-refractivity contribution is 5.92. The molecule has 0 saturated heterocycles. The number of amides is 1. The number of carbonyl (C=O) groups is 1. The number of hydrogen-bond acceptors (Lipinski definition) is 3. The molecule has 0 aromatic heterocycles. The third-order valence-corrected chi connectivity index (χ3v) is 4.83. The normalized spacial score (nSPS) is 14.2. The van der Waals surface area contributed by atoms with Crippen LogP contribution < -0.4 is 14.8 Å². The molecule has 0 spiro atoms. The van der Waals surface area contributed by atoms with Crippen LogP contribution in [0.5, 0.6) is 11.5 Å². The van der Waals surface area contributed by atoms with E-state index in [-0.39, 0.29) is 12.5 Å². The van der Waals surface area contributed by atoms with Crippen LogP contribution in [0, 0.1) is 0 Å². The standard InChI is InChI=1S/C23H23NO3/c25-23(16-26-22-12-9-17-5-1-2-6-18(17)15-22)24-19-10-13-21(14-11-19)27-20-7-3-4-8-20/h1-2,5-6,9-15,20H,3-4,7-8,16H2,(H,24,25). The monoisotopic (exact) mass is 361 g/mol. The Morgan fingerprint density at radius 2 is 1.59 bits per heavy atom. The second-order valence-electron chi connectivity index (χ2n) is 6.89. The average Bonchev–Trinajstić information content (AvgIpc) is 3.21. The van der Waals surface area contributed by atoms with Gasteiger partial charge in [0.25, 0.3) is 5.91 Å². The van der Waals surface area contributed by atoms with Crippen LogP contribution in [0.25, 0.3) is 10.8 Å². The third kappa shape index (κ3) is 4.59. The van der Waals surface area contributed by atoms with Crippen LogP contribution in [0.15, 0.2) is 66.7 Å². The number of anilines is 1. The van der Waals surface area contributed by atoms with E-state index in [1.165, 1.54) is 12.8 Å². The lowest BCUT2D eigenvalue weighted by atomic mass is 10.1. The third-order valence-electron chi connectivity index (χ3n) is 4.83. The van der Waals surface area contributed by atoms with E-state index in [1.54, 1.807) is 0 Å². The first-order chi connectivity index (χ1) is 13.3. The van der Waals surface area contributed by atoms with E-state index in [0.717, 1.165) is 35.1 Å². The fourth-order valence-electron chi connectivity index (χ4n) is 3.42. The SMILES string of the molecule is O=C(COc1ccc2ccccc2c1)Nc1ccc(OC2CCCC2)cc1. The molecule has 1 saturated carbocycles. The van der Waals surface area contributed by atoms with Crippen LogP contribution in [0.4, 0.5) is 5.69 Å². The summed E-state index contributed by atoms with van der Waals surface area (Å²) >= 11 is 0. The molecule has 1 aliphatic carbocycles. The zero-order chi connectivity index (χ0) is 18.5. The molecule has 1 amide bonds. The predicted octanol–water partition coefficient (Wildman–Crippen LogP) is 5.18. The molecular weight excluding hydrogens is 338 g/mol. The van der Waals surface area contributed by atoms with E-state index in [0.29, 0.717) is 11.9 Å². The van der Waals surface area contributed by atoms with Gasteiger partial charge in [-0.2, -0.15) is 0 Å². The van der Waals surface area contributed by atoms with Crippen molar-refractivity contribution in [2.45, 2.75) is 31.8 Å². The molecule has 4 nitrogen and oxygen atoms in total. The molecule has 0 heterocycles. The smallest absolute Gasteiger partial charge is 0.262 e. The van der Waals surface area contributed by atoms with Crippen molar-refractivity contribution in [2.75, 3.05) is 11.9 Å². The van der Waals surface area contributed by atoms with E-state index in [9.17, 15) is 4.79 Å². The lowest BCUT2D eigenvalue weighted by Gasteiger charge is -2.13. The fourth-order valence-corrected chi connectivity index (χ4v) is 3.42. The maximum absolute atomic E-state index is 12.1. The van der Waals surface area contributed by atoms with Crippen LogP contribution in [0.3, 0.4) is 0 Å². The largest absolute Gasteiger partial charge is 0.490 e. The molecule has 3 aromatic rings. The second-order valence-corrected chi connectivity index (χ2v) is 6.89. The lowest BCUT2D eigenvalue weighted by Crippen LogP contribution is -2.20. The lowest BCUT2D eigenvalue weighted by molar-refractivity contribution is -0.118. The van der Waals surface area contributed by atoms with Gasteiger partial charge in [0, 0.05) is 5.69 Å². The summed E-state index contributed by atoms with van der Waals surface area (Å²) in [6, 6.07) is 21.4. The number of carbonyl (C=O) groups excluding carboxylic acids is 1. The highest BCUT2D eigenvalue weighted by Gasteiger charge is 2.16. The van der Waals surface area contributed by atoms with Crippen molar-refractivity contribution >= 4 is 22.4 Å². The van der Waals surface area contributed by atoms with Gasteiger partial charge in [-0.1, -0.05) is 30.3 Å². The van der Waals surface area contributed by atoms with Crippen LogP contribution in [-0.2, 0) is 4.79 Å². The molecule has 1 fully saturated rings. The minimum Gasteiger partial charge on any atom is -0.490 e. The zero-order valence-corrected chi connectivity index (χ0v) is 15.2. The Bertz CT molecular complexity index is 914. The Labute approximate surface area is 159 Å². The summed E-state index contributed by atoms with van der Waals surface area (Å²) in [6.45, 7) is -0.0291. The number of nitrogens with one attached hydrogen (secondary N) is 1. The maximum Gasteiger partial charge on any atom is 0.262 e. The Hall–Kier alpha value is -3.01. The van der Waals surface area contributed by atoms with Gasteiger partial charge in [-0.25, -0.2) is 0 Å². The summed E-state index contributed by atoms with van der Waals surface area (Å²) in [6.07, 6.45) is 5.09. The first kappa shape index (κ1) is 17.4. The molecular formula is C23H23NO3. The van der Waals surface area contributed by atoms with Gasteiger partial charge < -0.3 is 14.8 Å². The number of fused-ring (bicyclic) bond motifs is 1. The fraction of sp³-hybridized carbons (Fsp3) is 0.261. The molecule has 0 aliphatic heterocycles. The quantitative estimate of drug-likeness (QED) is 0.658. The van der Waals surface area contributed by atoms with Gasteiger partial charge >= 0.3 is 0 Å². The van der Waals surface area contributed by atoms with Gasteiger partial charge in [-0.05, 0) is 72.9 Å². The van der Waals surface area contributed by atoms with Crippen molar-refractivity contribution in [1.82, 2.24) is 0 Å². The summed E-state index contributed by atoms with van der Waals surface area (Å²) in [5.74, 6) is 1.35. The molecule has 4 rings (SSSR count). The van der Waals surface area contributed by atoms with E-state index in [2.05, 4.69) is 5.32 Å². The molecule has 1 N–H and O–H groups in total. The van der Waals surface area contributed by atoms with Crippen LogP contribution >= 0.6 is 0 Å². The Morgan fingerprint density at radius 1 is 0.889 bits per heavy atom. The maximum atomic E-state index is 12.1. The molecule has 0 bridgehead atoms. The minimum atomic E-state index is -0.187. The number of benzene rings is 3. The number of rotatable bonds is 6. The summed E-state index contributed by atoms with van der Waals surface area (Å²) in [5, 5.41) is 5.09. The molecule has 138 valence electrons. The van der Waals surface area contributed by atoms with E-state index in [1.807, 2.05) is 66.7 Å². The van der Waals surface area contributed by atoms with Crippen LogP contribution in [0.2, 0.25) is 0 Å². The van der Waals surface area contributed by atoms with Crippen molar-refractivity contribution in [2.24, 2.45) is 0 Å². The van der Waals surface area contributed by atoms with Crippen molar-refractivity contribution in [3.63, 3.8) is 0 Å². The molecule has 1 aliphatic rings. The first-order valence-corrected chi connectivity index (χ1v) is 9.44. The van der Waals surface area contributed by atoms with E-state index >= 15 is 0 Å². The van der Waals surface area contributed by atoms with Gasteiger partial charge in [0.05, 0.1) is 6.10 Å². The molecule has 3 aromatic carbocycles. The van der Waals surface area contributed by atoms with E-state index in [4.69, 9.17) is 9.47 Å². The highest BCUT2D eigenvalue weighted by atomic mass is 16.5. The summed E-state index contributed by atoms with van der Waals surface area (Å²) < 4.78 is 11.6. The molecule has 0 atom stereocenters. The number of ether oxygens (including phenoxy) is 2. The van der Waals surface area contributed by atoms with Crippen molar-refractivity contribution in [1.29, 1.82) is 0 Å². The molecule has 0 radical (unpaired) electrons. The molecule has 4 heteroatoms. The summed E-state index contributed by atoms with van der Waals surface area (Å²) in [7, 11) is 0. The van der Waals surface area contributed by atoms with Gasteiger partial charge in [0.1, 0.15) is 11.5 Å². The predicted molar refractivity (Wildman–Crippen MR) is 107 cm³/mol. The van der Waals surface area contributed by atoms with Gasteiger partial charge in [0.15, 0.2) is 6.61 Å². The first-order valence-electron chi connectivity index (χ1n) is 9.44. The topological polar surface area (TPSA) is 47.6 Å². The zero-order valence-electron chi connectivity index (χ0n) is 15.2. The van der Waals surface area contributed by atoms with Crippen molar-refractivity contribution in [3.8, 4) is 11.5 Å². The summed E-state index contributed by atoms with van der Waals surface area (Å²) in [4.78, 5) is 12.1. The van der Waals surface area contributed by atoms with Crippen molar-refractivity contribution in [3.05, 3.63) is 66.7 Å². The van der Waals surface area contributed by atoms with Crippen LogP contribution in [0.1, 0.15) is 25.7 Å². The van der Waals surface area contributed by atoms with Gasteiger partial charge in [0.2, 0.25) is 0 Å². The Morgan fingerprint density at radius 3 is 2.37 bits per heavy atom. The minimum absolute atomic E-state index is 0.0291. The summed E-state index contributed by atoms with van der Waals surface area (Å²) in [5.41, 5.74) is 0.737. The average molecular weight is 361 g/mol. The Kier molecular flexibility index (Phi) is 5.24. The van der Waals surface area contributed by atoms with Crippen molar-refractivity contribution < 1.29 is 14.3 Å². The highest BCUT2D eigenvalue weighted by Crippen LogP contribution is 2.25. The van der Waals surface area contributed by atoms with Crippen LogP contribution in [-0.4, -0.2) is 18.6 Å². The number of hydrogen-bond donors (Lipinski definition) is 1. The Balaban J connectivity index is 1.29.